The highest BCUT2D eigenvalue weighted by Gasteiger charge is 2.54. The summed E-state index contributed by atoms with van der Waals surface area (Å²) in [5.41, 5.74) is 1.64. The summed E-state index contributed by atoms with van der Waals surface area (Å²) in [6.45, 7) is 10.9. The zero-order valence-corrected chi connectivity index (χ0v) is 15.5. The van der Waals surface area contributed by atoms with E-state index in [0.29, 0.717) is 12.0 Å². The van der Waals surface area contributed by atoms with E-state index in [1.54, 1.807) is 6.33 Å². The van der Waals surface area contributed by atoms with E-state index in [4.69, 9.17) is 0 Å². The highest BCUT2D eigenvalue weighted by molar-refractivity contribution is 5.33. The first kappa shape index (κ1) is 16.4. The molecule has 1 aromatic carbocycles. The van der Waals surface area contributed by atoms with Gasteiger partial charge in [-0.05, 0) is 12.5 Å². The Labute approximate surface area is 155 Å². The lowest BCUT2D eigenvalue weighted by Crippen LogP contribution is -2.70. The van der Waals surface area contributed by atoms with Gasteiger partial charge in [-0.2, -0.15) is 5.10 Å². The first-order chi connectivity index (χ1) is 12.8. The van der Waals surface area contributed by atoms with Gasteiger partial charge in [0.15, 0.2) is 0 Å². The van der Waals surface area contributed by atoms with Crippen LogP contribution >= 0.6 is 0 Å². The summed E-state index contributed by atoms with van der Waals surface area (Å²) in [4.78, 5) is 9.86. The van der Waals surface area contributed by atoms with Crippen molar-refractivity contribution in [3.05, 3.63) is 48.0 Å². The molecule has 1 aromatic heterocycles. The van der Waals surface area contributed by atoms with Gasteiger partial charge in [-0.1, -0.05) is 30.3 Å². The van der Waals surface area contributed by atoms with Crippen LogP contribution in [0.3, 0.4) is 0 Å². The molecule has 4 saturated heterocycles. The van der Waals surface area contributed by atoms with Crippen molar-refractivity contribution >= 4 is 0 Å². The van der Waals surface area contributed by atoms with E-state index in [2.05, 4.69) is 62.5 Å². The fourth-order valence-corrected chi connectivity index (χ4v) is 5.57. The van der Waals surface area contributed by atoms with Crippen LogP contribution < -0.4 is 5.32 Å². The van der Waals surface area contributed by atoms with E-state index in [-0.39, 0.29) is 5.41 Å². The van der Waals surface area contributed by atoms with Crippen LogP contribution in [-0.4, -0.2) is 69.9 Å². The maximum atomic E-state index is 4.47. The monoisotopic (exact) mass is 352 g/mol. The normalized spacial score (nSPS) is 35.6. The van der Waals surface area contributed by atoms with E-state index >= 15 is 0 Å². The lowest BCUT2D eigenvalue weighted by atomic mass is 9.64. The molecule has 4 fully saturated rings. The first-order valence-electron chi connectivity index (χ1n) is 9.89. The second kappa shape index (κ2) is 6.44. The standard InChI is InChI=1S/C20H28N6/c1-2-26-18(22-15-23-26)10-21-19-16-11-24-8-9-25(12-16)14-20(19,13-24)17-6-4-3-5-7-17/h3-7,15-16,19,21H,2,8-14H2,1H3. The molecule has 0 spiro atoms. The number of nitrogens with zero attached hydrogens (tertiary/aromatic N) is 5. The first-order valence-corrected chi connectivity index (χ1v) is 9.89. The molecule has 0 radical (unpaired) electrons. The van der Waals surface area contributed by atoms with Crippen LogP contribution in [0.1, 0.15) is 18.3 Å². The minimum absolute atomic E-state index is 0.163. The SMILES string of the molecule is CCn1ncnc1CNC1C2CN3CCN(C2)CC1(c1ccccc1)C3. The predicted molar refractivity (Wildman–Crippen MR) is 101 cm³/mol. The van der Waals surface area contributed by atoms with Gasteiger partial charge in [0.25, 0.3) is 0 Å². The minimum Gasteiger partial charge on any atom is -0.306 e. The van der Waals surface area contributed by atoms with Crippen LogP contribution in [0.15, 0.2) is 36.7 Å². The van der Waals surface area contributed by atoms with Gasteiger partial charge < -0.3 is 15.1 Å². The molecule has 0 aliphatic carbocycles. The van der Waals surface area contributed by atoms with Gasteiger partial charge in [0, 0.05) is 63.2 Å². The number of rotatable bonds is 5. The van der Waals surface area contributed by atoms with Crippen molar-refractivity contribution in [2.24, 2.45) is 5.92 Å². The molecule has 4 aliphatic rings. The number of aryl methyl sites for hydroxylation is 1. The highest BCUT2D eigenvalue weighted by atomic mass is 15.3. The van der Waals surface area contributed by atoms with Crippen molar-refractivity contribution in [1.29, 1.82) is 0 Å². The van der Waals surface area contributed by atoms with E-state index < -0.39 is 0 Å². The lowest BCUT2D eigenvalue weighted by Gasteiger charge is -2.56. The fourth-order valence-electron chi connectivity index (χ4n) is 5.57. The molecule has 3 atom stereocenters. The smallest absolute Gasteiger partial charge is 0.140 e. The van der Waals surface area contributed by atoms with Gasteiger partial charge in [-0.25, -0.2) is 9.67 Å². The molecular formula is C20H28N6. The molecule has 0 amide bonds. The van der Waals surface area contributed by atoms with Gasteiger partial charge in [0.2, 0.25) is 0 Å². The number of aromatic nitrogens is 3. The van der Waals surface area contributed by atoms with Crippen molar-refractivity contribution in [2.45, 2.75) is 31.5 Å². The number of hydrogen-bond acceptors (Lipinski definition) is 5. The van der Waals surface area contributed by atoms with Gasteiger partial charge in [0.05, 0.1) is 6.54 Å². The fraction of sp³-hybridized carbons (Fsp3) is 0.600. The van der Waals surface area contributed by atoms with Gasteiger partial charge in [0.1, 0.15) is 12.2 Å². The molecule has 4 aliphatic heterocycles. The Bertz CT molecular complexity index is 741. The summed E-state index contributed by atoms with van der Waals surface area (Å²) in [5.74, 6) is 1.71. The van der Waals surface area contributed by atoms with Crippen LogP contribution in [0.2, 0.25) is 0 Å². The van der Waals surface area contributed by atoms with E-state index in [1.165, 1.54) is 31.7 Å². The van der Waals surface area contributed by atoms with Gasteiger partial charge in [-0.15, -0.1) is 0 Å². The maximum Gasteiger partial charge on any atom is 0.140 e. The van der Waals surface area contributed by atoms with Crippen molar-refractivity contribution in [3.63, 3.8) is 0 Å². The molecule has 1 N–H and O–H groups in total. The molecule has 6 heteroatoms. The topological polar surface area (TPSA) is 49.2 Å². The van der Waals surface area contributed by atoms with Crippen molar-refractivity contribution in [1.82, 2.24) is 29.9 Å². The van der Waals surface area contributed by atoms with Gasteiger partial charge >= 0.3 is 0 Å². The summed E-state index contributed by atoms with van der Waals surface area (Å²) in [5, 5.41) is 8.26. The number of benzene rings is 1. The predicted octanol–water partition coefficient (Wildman–Crippen LogP) is 0.955. The molecule has 3 unspecified atom stereocenters. The Morgan fingerprint density at radius 2 is 1.85 bits per heavy atom. The summed E-state index contributed by atoms with van der Waals surface area (Å²) in [6, 6.07) is 11.7. The Balaban J connectivity index is 1.48. The third kappa shape index (κ3) is 2.59. The minimum atomic E-state index is 0.163. The Morgan fingerprint density at radius 1 is 1.12 bits per heavy atom. The summed E-state index contributed by atoms with van der Waals surface area (Å²) in [7, 11) is 0. The molecule has 0 saturated carbocycles. The van der Waals surface area contributed by atoms with Crippen molar-refractivity contribution in [2.75, 3.05) is 39.3 Å². The molecule has 5 heterocycles. The number of fused-ring (bicyclic) bond motifs is 1. The zero-order chi connectivity index (χ0) is 17.6. The summed E-state index contributed by atoms with van der Waals surface area (Å²) in [6.07, 6.45) is 1.67. The maximum absolute atomic E-state index is 4.47. The van der Waals surface area contributed by atoms with E-state index in [1.807, 2.05) is 4.68 Å². The molecule has 4 bridgehead atoms. The third-order valence-corrected chi connectivity index (χ3v) is 6.62. The number of hydrogen-bond donors (Lipinski definition) is 1. The lowest BCUT2D eigenvalue weighted by molar-refractivity contribution is 0.0170. The van der Waals surface area contributed by atoms with Crippen LogP contribution in [0.5, 0.6) is 0 Å². The largest absolute Gasteiger partial charge is 0.306 e. The second-order valence-corrected chi connectivity index (χ2v) is 8.10. The Kier molecular flexibility index (Phi) is 4.07. The van der Waals surface area contributed by atoms with Crippen LogP contribution in [0, 0.1) is 5.92 Å². The molecule has 26 heavy (non-hydrogen) atoms. The average Bonchev–Trinajstić information content (AvgIpc) is 2.99. The molecular weight excluding hydrogens is 324 g/mol. The quantitative estimate of drug-likeness (QED) is 0.868. The van der Waals surface area contributed by atoms with Crippen molar-refractivity contribution < 1.29 is 0 Å². The molecule has 138 valence electrons. The number of nitrogens with one attached hydrogen (secondary N) is 1. The highest BCUT2D eigenvalue weighted by Crippen LogP contribution is 2.43. The van der Waals surface area contributed by atoms with E-state index in [0.717, 1.165) is 32.0 Å². The molecule has 6 rings (SSSR count). The van der Waals surface area contributed by atoms with Crippen LogP contribution in [0.4, 0.5) is 0 Å². The summed E-state index contributed by atoms with van der Waals surface area (Å²) >= 11 is 0. The zero-order valence-electron chi connectivity index (χ0n) is 15.5. The van der Waals surface area contributed by atoms with Crippen LogP contribution in [0.25, 0.3) is 0 Å². The second-order valence-electron chi connectivity index (χ2n) is 8.10. The van der Waals surface area contributed by atoms with Crippen LogP contribution in [-0.2, 0) is 18.5 Å². The molecule has 6 nitrogen and oxygen atoms in total. The Morgan fingerprint density at radius 3 is 2.54 bits per heavy atom. The Hall–Kier alpha value is -1.76. The average molecular weight is 352 g/mol. The number of piperidine rings is 2. The summed E-state index contributed by atoms with van der Waals surface area (Å²) < 4.78 is 2.00. The molecule has 2 aromatic rings. The third-order valence-electron chi connectivity index (χ3n) is 6.62. The van der Waals surface area contributed by atoms with Gasteiger partial charge in [-0.3, -0.25) is 0 Å². The van der Waals surface area contributed by atoms with Crippen molar-refractivity contribution in [3.8, 4) is 0 Å². The van der Waals surface area contributed by atoms with E-state index in [9.17, 15) is 0 Å².